The number of carbonyl (C=O) groups excluding carboxylic acids is 2. The van der Waals surface area contributed by atoms with Crippen molar-refractivity contribution in [3.63, 3.8) is 0 Å². The molecule has 4 rings (SSSR count). The van der Waals surface area contributed by atoms with E-state index in [4.69, 9.17) is 9.47 Å². The molecule has 0 saturated carbocycles. The molecule has 2 amide bonds. The van der Waals surface area contributed by atoms with Gasteiger partial charge in [-0.1, -0.05) is 36.4 Å². The van der Waals surface area contributed by atoms with Crippen LogP contribution in [0.25, 0.3) is 11.0 Å². The Balaban J connectivity index is 1.52. The summed E-state index contributed by atoms with van der Waals surface area (Å²) in [5, 5.41) is 3.56. The van der Waals surface area contributed by atoms with Gasteiger partial charge in [0.05, 0.1) is 17.9 Å². The molecule has 0 fully saturated rings. The Morgan fingerprint density at radius 3 is 2.79 bits per heavy atom. The van der Waals surface area contributed by atoms with Crippen LogP contribution in [-0.2, 0) is 16.1 Å². The van der Waals surface area contributed by atoms with Gasteiger partial charge in [-0.05, 0) is 45.2 Å². The summed E-state index contributed by atoms with van der Waals surface area (Å²) in [6.45, 7) is 5.71. The molecule has 1 unspecified atom stereocenters. The minimum absolute atomic E-state index is 0.178. The van der Waals surface area contributed by atoms with E-state index in [0.717, 1.165) is 29.4 Å². The van der Waals surface area contributed by atoms with E-state index >= 15 is 0 Å². The van der Waals surface area contributed by atoms with Crippen LogP contribution >= 0.6 is 0 Å². The van der Waals surface area contributed by atoms with Crippen LogP contribution in [0.1, 0.15) is 50.8 Å². The lowest BCUT2D eigenvalue weighted by Crippen LogP contribution is -2.37. The molecule has 1 aliphatic heterocycles. The number of H-pyrrole nitrogens is 1. The third-order valence-corrected chi connectivity index (χ3v) is 5.19. The highest BCUT2D eigenvalue weighted by Gasteiger charge is 2.31. The number of fused-ring (bicyclic) bond motifs is 1. The molecule has 0 spiro atoms. The van der Waals surface area contributed by atoms with Gasteiger partial charge in [-0.3, -0.25) is 10.2 Å². The lowest BCUT2D eigenvalue weighted by molar-refractivity contribution is 0.0249. The molecule has 3 heterocycles. The summed E-state index contributed by atoms with van der Waals surface area (Å²) in [5.41, 5.74) is 2.41. The predicted molar refractivity (Wildman–Crippen MR) is 126 cm³/mol. The first-order valence-corrected chi connectivity index (χ1v) is 10.9. The van der Waals surface area contributed by atoms with Crippen LogP contribution < -0.4 is 5.32 Å². The first-order chi connectivity index (χ1) is 15.8. The van der Waals surface area contributed by atoms with Gasteiger partial charge in [-0.25, -0.2) is 14.6 Å². The van der Waals surface area contributed by atoms with Gasteiger partial charge in [0, 0.05) is 23.3 Å². The average molecular weight is 449 g/mol. The zero-order valence-electron chi connectivity index (χ0n) is 19.0. The Morgan fingerprint density at radius 2 is 2.03 bits per heavy atom. The smallest absolute Gasteiger partial charge is 0.414 e. The molecule has 0 aliphatic carbocycles. The summed E-state index contributed by atoms with van der Waals surface area (Å²) in [7, 11) is 0. The van der Waals surface area contributed by atoms with Gasteiger partial charge < -0.3 is 14.5 Å². The largest absolute Gasteiger partial charge is 0.444 e. The fraction of sp³-hybridized carbons (Fsp3) is 0.320. The van der Waals surface area contributed by atoms with Crippen molar-refractivity contribution in [2.24, 2.45) is 0 Å². The second-order valence-corrected chi connectivity index (χ2v) is 8.92. The number of benzene rings is 1. The summed E-state index contributed by atoms with van der Waals surface area (Å²) in [4.78, 5) is 34.3. The van der Waals surface area contributed by atoms with Crippen molar-refractivity contribution >= 4 is 28.9 Å². The lowest BCUT2D eigenvalue weighted by Gasteiger charge is -2.33. The highest BCUT2D eigenvalue weighted by atomic mass is 16.6. The van der Waals surface area contributed by atoms with E-state index < -0.39 is 17.8 Å². The number of nitrogens with zero attached hydrogens (tertiary/aromatic N) is 2. The lowest BCUT2D eigenvalue weighted by atomic mass is 9.98. The minimum atomic E-state index is -0.591. The Morgan fingerprint density at radius 1 is 1.24 bits per heavy atom. The molecule has 3 aromatic rings. The van der Waals surface area contributed by atoms with E-state index in [2.05, 4.69) is 15.3 Å². The third-order valence-electron chi connectivity index (χ3n) is 5.19. The van der Waals surface area contributed by atoms with Crippen molar-refractivity contribution < 1.29 is 19.1 Å². The highest BCUT2D eigenvalue weighted by molar-refractivity contribution is 5.90. The van der Waals surface area contributed by atoms with E-state index in [9.17, 15) is 9.59 Å². The molecule has 0 radical (unpaired) electrons. The van der Waals surface area contributed by atoms with E-state index in [1.165, 1.54) is 0 Å². The number of pyridine rings is 1. The number of carbonyl (C=O) groups is 2. The van der Waals surface area contributed by atoms with Gasteiger partial charge in [0.1, 0.15) is 17.9 Å². The van der Waals surface area contributed by atoms with Crippen LogP contribution in [0.15, 0.2) is 61.1 Å². The zero-order valence-corrected chi connectivity index (χ0v) is 19.0. The Bertz CT molecular complexity index is 1160. The van der Waals surface area contributed by atoms with Crippen molar-refractivity contribution in [2.45, 2.75) is 51.9 Å². The number of rotatable bonds is 4. The maximum absolute atomic E-state index is 12.8. The van der Waals surface area contributed by atoms with Crippen LogP contribution in [0.3, 0.4) is 0 Å². The van der Waals surface area contributed by atoms with Crippen molar-refractivity contribution in [3.05, 3.63) is 72.2 Å². The van der Waals surface area contributed by atoms with Crippen molar-refractivity contribution in [1.82, 2.24) is 14.9 Å². The Kier molecular flexibility index (Phi) is 6.35. The van der Waals surface area contributed by atoms with Crippen molar-refractivity contribution in [2.75, 3.05) is 5.32 Å². The number of anilines is 1. The number of ether oxygens (including phenoxy) is 2. The molecule has 1 aliphatic rings. The van der Waals surface area contributed by atoms with E-state index in [1.807, 2.05) is 69.4 Å². The SMILES string of the molecule is CC(C)(C)OC(=O)N1C=CCCC1c1c[nH]c2ncc(NC(=O)OCc3ccccc3)cc12. The maximum Gasteiger partial charge on any atom is 0.414 e. The fourth-order valence-corrected chi connectivity index (χ4v) is 3.74. The van der Waals surface area contributed by atoms with Gasteiger partial charge in [0.2, 0.25) is 0 Å². The molecular formula is C25H28N4O4. The molecule has 33 heavy (non-hydrogen) atoms. The second kappa shape index (κ2) is 9.36. The standard InChI is InChI=1S/C25H28N4O4/c1-25(2,3)33-24(31)29-12-8-7-11-21(29)20-15-27-22-19(20)13-18(14-26-22)28-23(30)32-16-17-9-5-4-6-10-17/h4-6,8-10,12-15,21H,7,11,16H2,1-3H3,(H,26,27)(H,28,30). The van der Waals surface area contributed by atoms with Gasteiger partial charge >= 0.3 is 12.2 Å². The van der Waals surface area contributed by atoms with Crippen LogP contribution in [0.2, 0.25) is 0 Å². The quantitative estimate of drug-likeness (QED) is 0.518. The molecule has 0 saturated heterocycles. The molecule has 1 atom stereocenters. The Hall–Kier alpha value is -3.81. The van der Waals surface area contributed by atoms with E-state index in [0.29, 0.717) is 11.3 Å². The molecule has 8 heteroatoms. The first-order valence-electron chi connectivity index (χ1n) is 10.9. The summed E-state index contributed by atoms with van der Waals surface area (Å²) in [6, 6.07) is 11.1. The average Bonchev–Trinajstić information content (AvgIpc) is 3.20. The second-order valence-electron chi connectivity index (χ2n) is 8.92. The third kappa shape index (κ3) is 5.52. The number of amides is 2. The van der Waals surface area contributed by atoms with Gasteiger partial charge in [0.25, 0.3) is 0 Å². The fourth-order valence-electron chi connectivity index (χ4n) is 3.74. The number of allylic oxidation sites excluding steroid dienone is 1. The van der Waals surface area contributed by atoms with E-state index in [1.54, 1.807) is 17.3 Å². The van der Waals surface area contributed by atoms with Crippen LogP contribution in [0.5, 0.6) is 0 Å². The predicted octanol–water partition coefficient (Wildman–Crippen LogP) is 5.90. The minimum Gasteiger partial charge on any atom is -0.444 e. The summed E-state index contributed by atoms with van der Waals surface area (Å²) < 4.78 is 10.9. The summed E-state index contributed by atoms with van der Waals surface area (Å²) in [6.07, 6.45) is 7.79. The number of nitrogens with one attached hydrogen (secondary N) is 2. The topological polar surface area (TPSA) is 96.5 Å². The molecule has 0 bridgehead atoms. The van der Waals surface area contributed by atoms with Crippen LogP contribution in [0.4, 0.5) is 15.3 Å². The zero-order chi connectivity index (χ0) is 23.4. The Labute approximate surface area is 192 Å². The molecule has 8 nitrogen and oxygen atoms in total. The number of hydrogen-bond donors (Lipinski definition) is 2. The monoisotopic (exact) mass is 448 g/mol. The molecular weight excluding hydrogens is 420 g/mol. The van der Waals surface area contributed by atoms with Crippen LogP contribution in [0, 0.1) is 0 Å². The van der Waals surface area contributed by atoms with Crippen molar-refractivity contribution in [1.29, 1.82) is 0 Å². The summed E-state index contributed by atoms with van der Waals surface area (Å²) >= 11 is 0. The number of hydrogen-bond acceptors (Lipinski definition) is 5. The van der Waals surface area contributed by atoms with Crippen molar-refractivity contribution in [3.8, 4) is 0 Å². The molecule has 2 N–H and O–H groups in total. The first kappa shape index (κ1) is 22.4. The maximum atomic E-state index is 12.8. The van der Waals surface area contributed by atoms with E-state index in [-0.39, 0.29) is 12.6 Å². The molecule has 1 aromatic carbocycles. The summed E-state index contributed by atoms with van der Waals surface area (Å²) in [5.74, 6) is 0. The molecule has 2 aromatic heterocycles. The number of aromatic amines is 1. The normalized spacial score (nSPS) is 16.0. The van der Waals surface area contributed by atoms with Crippen LogP contribution in [-0.4, -0.2) is 32.7 Å². The molecule has 172 valence electrons. The van der Waals surface area contributed by atoms with Gasteiger partial charge in [-0.2, -0.15) is 0 Å². The highest BCUT2D eigenvalue weighted by Crippen LogP contribution is 2.35. The van der Waals surface area contributed by atoms with Gasteiger partial charge in [0.15, 0.2) is 0 Å². The van der Waals surface area contributed by atoms with Gasteiger partial charge in [-0.15, -0.1) is 0 Å². The number of aromatic nitrogens is 2.